The zero-order chi connectivity index (χ0) is 26.8. The average molecular weight is 526 g/mol. The lowest BCUT2D eigenvalue weighted by Gasteiger charge is -2.34. The first-order valence-electron chi connectivity index (χ1n) is 12.8. The van der Waals surface area contributed by atoms with E-state index in [1.54, 1.807) is 6.08 Å². The van der Waals surface area contributed by atoms with Gasteiger partial charge in [0.2, 0.25) is 0 Å². The highest BCUT2D eigenvalue weighted by atomic mass is 28.4. The molecule has 204 valence electrons. The van der Waals surface area contributed by atoms with E-state index in [9.17, 15) is 9.59 Å². The summed E-state index contributed by atoms with van der Waals surface area (Å²) in [7, 11) is -3.05. The van der Waals surface area contributed by atoms with Crippen molar-refractivity contribution in [2.24, 2.45) is 0 Å². The highest BCUT2D eigenvalue weighted by molar-refractivity contribution is 6.62. The van der Waals surface area contributed by atoms with Crippen molar-refractivity contribution in [2.45, 2.75) is 72.4 Å². The Bertz CT molecular complexity index is 800. The van der Waals surface area contributed by atoms with E-state index in [1.807, 2.05) is 52.8 Å². The molecule has 36 heavy (non-hydrogen) atoms. The summed E-state index contributed by atoms with van der Waals surface area (Å²) in [5, 5.41) is 11.6. The molecule has 9 nitrogen and oxygen atoms in total. The molecule has 0 heterocycles. The normalized spacial score (nSPS) is 12.5. The van der Waals surface area contributed by atoms with E-state index >= 15 is 0 Å². The van der Waals surface area contributed by atoms with Crippen LogP contribution in [0.2, 0.25) is 0 Å². The van der Waals surface area contributed by atoms with Crippen molar-refractivity contribution in [1.29, 1.82) is 0 Å². The highest BCUT2D eigenvalue weighted by Gasteiger charge is 2.49. The molecule has 0 aliphatic rings. The van der Waals surface area contributed by atoms with Crippen molar-refractivity contribution in [3.63, 3.8) is 0 Å². The quantitative estimate of drug-likeness (QED) is 0.145. The number of aliphatic carboxylic acids is 1. The number of hydrogen-bond acceptors (Lipinski definition) is 7. The standard InChI is InChI=1S/C26H43NO8Si/c1-6-24(36(33-7-2,34-8-3)35-9-4)27-26(30)32-19-13-11-10-12-18-31-23-16-14-22(21(5)20-23)15-17-25(28)29/h14-17,20,24H,6-13,18-19H2,1-5H3,(H,27,30)(H,28,29)/b17-15+. The molecule has 1 amide bonds. The molecule has 0 spiro atoms. The Labute approximate surface area is 216 Å². The first kappa shape index (κ1) is 31.6. The van der Waals surface area contributed by atoms with Crippen molar-refractivity contribution >= 4 is 26.9 Å². The number of carbonyl (C=O) groups excluding carboxylic acids is 1. The number of carboxylic acid groups (broad SMARTS) is 1. The lowest BCUT2D eigenvalue weighted by atomic mass is 10.1. The van der Waals surface area contributed by atoms with Crippen molar-refractivity contribution < 1.29 is 37.4 Å². The van der Waals surface area contributed by atoms with Gasteiger partial charge in [0.15, 0.2) is 0 Å². The molecule has 1 unspecified atom stereocenters. The number of carbonyl (C=O) groups is 2. The molecule has 0 radical (unpaired) electrons. The topological polar surface area (TPSA) is 113 Å². The van der Waals surface area contributed by atoms with Gasteiger partial charge in [-0.1, -0.05) is 13.0 Å². The molecule has 0 aromatic heterocycles. The number of amides is 1. The lowest BCUT2D eigenvalue weighted by molar-refractivity contribution is -0.131. The van der Waals surface area contributed by atoms with Gasteiger partial charge in [-0.3, -0.25) is 0 Å². The zero-order valence-electron chi connectivity index (χ0n) is 22.3. The maximum absolute atomic E-state index is 12.4. The molecule has 0 saturated heterocycles. The molecule has 1 aromatic carbocycles. The fourth-order valence-corrected chi connectivity index (χ4v) is 6.51. The Morgan fingerprint density at radius 2 is 1.58 bits per heavy atom. The number of aryl methyl sites for hydroxylation is 1. The number of carboxylic acids is 1. The van der Waals surface area contributed by atoms with Crippen LogP contribution in [0.25, 0.3) is 6.08 Å². The summed E-state index contributed by atoms with van der Waals surface area (Å²) in [4.78, 5) is 23.0. The fraction of sp³-hybridized carbons (Fsp3) is 0.615. The molecule has 0 aliphatic heterocycles. The highest BCUT2D eigenvalue weighted by Crippen LogP contribution is 2.20. The molecule has 0 saturated carbocycles. The molecule has 0 bridgehead atoms. The van der Waals surface area contributed by atoms with Gasteiger partial charge in [-0.05, 0) is 89.1 Å². The summed E-state index contributed by atoms with van der Waals surface area (Å²) in [5.41, 5.74) is 1.43. The lowest BCUT2D eigenvalue weighted by Crippen LogP contribution is -2.62. The molecular formula is C26H43NO8Si. The van der Waals surface area contributed by atoms with Crippen molar-refractivity contribution in [1.82, 2.24) is 5.32 Å². The van der Waals surface area contributed by atoms with Crippen molar-refractivity contribution in [3.8, 4) is 5.75 Å². The van der Waals surface area contributed by atoms with E-state index in [1.165, 1.54) is 0 Å². The molecule has 1 aromatic rings. The number of alkyl carbamates (subject to hydrolysis) is 1. The van der Waals surface area contributed by atoms with Crippen LogP contribution in [0.3, 0.4) is 0 Å². The first-order valence-corrected chi connectivity index (χ1v) is 14.6. The summed E-state index contributed by atoms with van der Waals surface area (Å²) in [6, 6.07) is 5.59. The Hall–Kier alpha value is -2.40. The van der Waals surface area contributed by atoms with Crippen LogP contribution in [0.1, 0.15) is 70.9 Å². The number of nitrogens with one attached hydrogen (secondary N) is 1. The third-order valence-electron chi connectivity index (χ3n) is 5.35. The summed E-state index contributed by atoms with van der Waals surface area (Å²) in [5.74, 6) is -0.212. The van der Waals surface area contributed by atoms with E-state index in [4.69, 9.17) is 27.9 Å². The summed E-state index contributed by atoms with van der Waals surface area (Å²) in [6.07, 6.45) is 6.34. The monoisotopic (exact) mass is 525 g/mol. The smallest absolute Gasteiger partial charge is 0.494 e. The van der Waals surface area contributed by atoms with Crippen LogP contribution in [0.4, 0.5) is 4.79 Å². The number of benzene rings is 1. The van der Waals surface area contributed by atoms with Gasteiger partial charge >= 0.3 is 20.9 Å². The predicted molar refractivity (Wildman–Crippen MR) is 141 cm³/mol. The minimum absolute atomic E-state index is 0.333. The molecular weight excluding hydrogens is 482 g/mol. The van der Waals surface area contributed by atoms with Gasteiger partial charge in [-0.25, -0.2) is 9.59 Å². The van der Waals surface area contributed by atoms with E-state index in [0.717, 1.165) is 48.6 Å². The second-order valence-electron chi connectivity index (χ2n) is 8.10. The molecule has 0 fully saturated rings. The number of rotatable bonds is 19. The maximum atomic E-state index is 12.4. The van der Waals surface area contributed by atoms with Gasteiger partial charge in [0.05, 0.1) is 13.2 Å². The average Bonchev–Trinajstić information content (AvgIpc) is 2.83. The van der Waals surface area contributed by atoms with Crippen molar-refractivity contribution in [2.75, 3.05) is 33.0 Å². The van der Waals surface area contributed by atoms with E-state index < -0.39 is 20.9 Å². The summed E-state index contributed by atoms with van der Waals surface area (Å²) < 4.78 is 28.9. The second-order valence-corrected chi connectivity index (χ2v) is 10.9. The number of unbranched alkanes of at least 4 members (excludes halogenated alkanes) is 3. The van der Waals surface area contributed by atoms with Crippen LogP contribution >= 0.6 is 0 Å². The molecule has 2 N–H and O–H groups in total. The van der Waals surface area contributed by atoms with Gasteiger partial charge in [0, 0.05) is 25.9 Å². The van der Waals surface area contributed by atoms with Gasteiger partial charge in [0.25, 0.3) is 0 Å². The number of ether oxygens (including phenoxy) is 2. The molecule has 0 aliphatic carbocycles. The van der Waals surface area contributed by atoms with Crippen LogP contribution in [-0.4, -0.2) is 64.7 Å². The molecule has 10 heteroatoms. The van der Waals surface area contributed by atoms with Crippen LogP contribution in [0.5, 0.6) is 5.75 Å². The third-order valence-corrected chi connectivity index (χ3v) is 8.83. The van der Waals surface area contributed by atoms with E-state index in [-0.39, 0.29) is 5.67 Å². The first-order chi connectivity index (χ1) is 17.3. The Kier molecular flexibility index (Phi) is 15.8. The minimum atomic E-state index is -3.05. The fourth-order valence-electron chi connectivity index (χ4n) is 3.65. The summed E-state index contributed by atoms with van der Waals surface area (Å²) in [6.45, 7) is 11.8. The van der Waals surface area contributed by atoms with Crippen LogP contribution in [-0.2, 0) is 22.8 Å². The largest absolute Gasteiger partial charge is 0.524 e. The zero-order valence-corrected chi connectivity index (χ0v) is 23.3. The SMILES string of the molecule is CCO[Si](OCC)(OCC)C(CC)NC(=O)OCCCCCCOc1ccc(/C=C/C(=O)O)c(C)c1. The Morgan fingerprint density at radius 1 is 0.972 bits per heavy atom. The Morgan fingerprint density at radius 3 is 2.11 bits per heavy atom. The van der Waals surface area contributed by atoms with E-state index in [0.29, 0.717) is 39.5 Å². The second kappa shape index (κ2) is 17.9. The van der Waals surface area contributed by atoms with Gasteiger partial charge in [-0.2, -0.15) is 0 Å². The predicted octanol–water partition coefficient (Wildman–Crippen LogP) is 5.12. The van der Waals surface area contributed by atoms with Crippen LogP contribution in [0.15, 0.2) is 24.3 Å². The minimum Gasteiger partial charge on any atom is -0.494 e. The summed E-state index contributed by atoms with van der Waals surface area (Å²) >= 11 is 0. The number of hydrogen-bond donors (Lipinski definition) is 2. The van der Waals surface area contributed by atoms with Crippen molar-refractivity contribution in [3.05, 3.63) is 35.4 Å². The molecule has 1 atom stereocenters. The Balaban J connectivity index is 2.32. The van der Waals surface area contributed by atoms with E-state index in [2.05, 4.69) is 5.32 Å². The van der Waals surface area contributed by atoms with Gasteiger partial charge in [-0.15, -0.1) is 0 Å². The van der Waals surface area contributed by atoms with Gasteiger partial charge < -0.3 is 33.2 Å². The molecule has 1 rings (SSSR count). The maximum Gasteiger partial charge on any atom is 0.524 e. The van der Waals surface area contributed by atoms with Crippen LogP contribution < -0.4 is 10.1 Å². The third kappa shape index (κ3) is 11.6. The van der Waals surface area contributed by atoms with Crippen LogP contribution in [0, 0.1) is 6.92 Å². The van der Waals surface area contributed by atoms with Gasteiger partial charge in [0.1, 0.15) is 11.4 Å².